The van der Waals surface area contributed by atoms with Crippen LogP contribution in [0.5, 0.6) is 0 Å². The van der Waals surface area contributed by atoms with E-state index < -0.39 is 0 Å². The number of nitrogens with zero attached hydrogens (tertiary/aromatic N) is 2. The Morgan fingerprint density at radius 2 is 1.86 bits per heavy atom. The molecule has 1 fully saturated rings. The smallest absolute Gasteiger partial charge is 0.253 e. The zero-order valence-electron chi connectivity index (χ0n) is 13.8. The molecule has 0 spiro atoms. The molecule has 3 heteroatoms. The zero-order valence-corrected chi connectivity index (χ0v) is 13.8. The van der Waals surface area contributed by atoms with Crippen molar-refractivity contribution in [3.05, 3.63) is 35.4 Å². The normalized spacial score (nSPS) is 18.5. The van der Waals surface area contributed by atoms with Gasteiger partial charge in [-0.25, -0.2) is 0 Å². The summed E-state index contributed by atoms with van der Waals surface area (Å²) in [5.74, 6) is 0.709. The van der Waals surface area contributed by atoms with Crippen molar-refractivity contribution in [2.75, 3.05) is 27.2 Å². The number of piperidine rings is 1. The summed E-state index contributed by atoms with van der Waals surface area (Å²) in [5, 5.41) is 0. The van der Waals surface area contributed by atoms with Gasteiger partial charge >= 0.3 is 0 Å². The summed E-state index contributed by atoms with van der Waals surface area (Å²) >= 11 is 0. The number of amides is 1. The van der Waals surface area contributed by atoms with Crippen molar-refractivity contribution in [1.82, 2.24) is 9.80 Å². The molecule has 2 rings (SSSR count). The van der Waals surface area contributed by atoms with E-state index in [9.17, 15) is 4.79 Å². The van der Waals surface area contributed by atoms with E-state index in [0.717, 1.165) is 37.9 Å². The standard InChI is InChI=1S/C18H28N2O/c1-5-14(2)15-6-8-16(9-7-15)18(21)20(4)17-10-12-19(3)13-11-17/h6-9,14,17H,5,10-13H2,1-4H3. The third-order valence-corrected chi connectivity index (χ3v) is 4.90. The Morgan fingerprint density at radius 1 is 1.29 bits per heavy atom. The summed E-state index contributed by atoms with van der Waals surface area (Å²) in [5.41, 5.74) is 2.12. The van der Waals surface area contributed by atoms with Crippen molar-refractivity contribution in [2.24, 2.45) is 0 Å². The average Bonchev–Trinajstić information content (AvgIpc) is 2.53. The summed E-state index contributed by atoms with van der Waals surface area (Å²) in [6, 6.07) is 8.54. The molecule has 1 amide bonds. The number of hydrogen-bond donors (Lipinski definition) is 0. The van der Waals surface area contributed by atoms with E-state index in [0.29, 0.717) is 12.0 Å². The molecule has 0 aromatic heterocycles. The number of carbonyl (C=O) groups is 1. The molecule has 116 valence electrons. The van der Waals surface area contributed by atoms with Gasteiger partial charge in [0, 0.05) is 18.7 Å². The molecule has 1 atom stereocenters. The molecular formula is C18H28N2O. The number of benzene rings is 1. The van der Waals surface area contributed by atoms with Gasteiger partial charge in [0.05, 0.1) is 0 Å². The number of carbonyl (C=O) groups excluding carboxylic acids is 1. The van der Waals surface area contributed by atoms with Gasteiger partial charge in [0.15, 0.2) is 0 Å². The van der Waals surface area contributed by atoms with Gasteiger partial charge in [0.2, 0.25) is 0 Å². The lowest BCUT2D eigenvalue weighted by Gasteiger charge is -2.35. The molecule has 0 aliphatic carbocycles. The van der Waals surface area contributed by atoms with Crippen molar-refractivity contribution in [3.8, 4) is 0 Å². The third-order valence-electron chi connectivity index (χ3n) is 4.90. The topological polar surface area (TPSA) is 23.6 Å². The van der Waals surface area contributed by atoms with Crippen LogP contribution in [0.2, 0.25) is 0 Å². The first-order chi connectivity index (χ1) is 10.0. The van der Waals surface area contributed by atoms with Crippen LogP contribution in [0.4, 0.5) is 0 Å². The van der Waals surface area contributed by atoms with Crippen LogP contribution in [0.1, 0.15) is 54.9 Å². The maximum atomic E-state index is 12.6. The van der Waals surface area contributed by atoms with Crippen LogP contribution >= 0.6 is 0 Å². The molecular weight excluding hydrogens is 260 g/mol. The molecule has 1 aliphatic rings. The Balaban J connectivity index is 2.02. The van der Waals surface area contributed by atoms with E-state index >= 15 is 0 Å². The highest BCUT2D eigenvalue weighted by molar-refractivity contribution is 5.94. The van der Waals surface area contributed by atoms with Gasteiger partial charge in [0.25, 0.3) is 5.91 Å². The van der Waals surface area contributed by atoms with E-state index in [1.165, 1.54) is 5.56 Å². The zero-order chi connectivity index (χ0) is 15.4. The van der Waals surface area contributed by atoms with Gasteiger partial charge in [0.1, 0.15) is 0 Å². The van der Waals surface area contributed by atoms with Crippen LogP contribution in [0.15, 0.2) is 24.3 Å². The highest BCUT2D eigenvalue weighted by atomic mass is 16.2. The largest absolute Gasteiger partial charge is 0.339 e. The van der Waals surface area contributed by atoms with Crippen LogP contribution < -0.4 is 0 Å². The highest BCUT2D eigenvalue weighted by Gasteiger charge is 2.24. The second-order valence-electron chi connectivity index (χ2n) is 6.38. The molecule has 0 N–H and O–H groups in total. The van der Waals surface area contributed by atoms with E-state index in [-0.39, 0.29) is 5.91 Å². The van der Waals surface area contributed by atoms with Gasteiger partial charge < -0.3 is 9.80 Å². The van der Waals surface area contributed by atoms with Gasteiger partial charge in [-0.1, -0.05) is 26.0 Å². The fourth-order valence-corrected chi connectivity index (χ4v) is 2.94. The first kappa shape index (κ1) is 16.0. The maximum absolute atomic E-state index is 12.6. The molecule has 1 unspecified atom stereocenters. The fourth-order valence-electron chi connectivity index (χ4n) is 2.94. The Kier molecular flexibility index (Phi) is 5.40. The van der Waals surface area contributed by atoms with Crippen molar-refractivity contribution in [1.29, 1.82) is 0 Å². The highest BCUT2D eigenvalue weighted by Crippen LogP contribution is 2.21. The summed E-state index contributed by atoms with van der Waals surface area (Å²) in [7, 11) is 4.09. The van der Waals surface area contributed by atoms with Gasteiger partial charge in [-0.05, 0) is 63.0 Å². The Bertz CT molecular complexity index is 461. The number of rotatable bonds is 4. The Hall–Kier alpha value is -1.35. The first-order valence-electron chi connectivity index (χ1n) is 8.08. The summed E-state index contributed by atoms with van der Waals surface area (Å²) in [4.78, 5) is 16.9. The van der Waals surface area contributed by atoms with Crippen LogP contribution in [0, 0.1) is 0 Å². The minimum Gasteiger partial charge on any atom is -0.339 e. The molecule has 21 heavy (non-hydrogen) atoms. The first-order valence-corrected chi connectivity index (χ1v) is 8.08. The van der Waals surface area contributed by atoms with Crippen LogP contribution in [0.3, 0.4) is 0 Å². The molecule has 1 aromatic carbocycles. The van der Waals surface area contributed by atoms with Gasteiger partial charge in [-0.3, -0.25) is 4.79 Å². The molecule has 0 radical (unpaired) electrons. The Morgan fingerprint density at radius 3 is 2.38 bits per heavy atom. The lowest BCUT2D eigenvalue weighted by Crippen LogP contribution is -2.44. The van der Waals surface area contributed by atoms with Crippen molar-refractivity contribution >= 4 is 5.91 Å². The molecule has 0 bridgehead atoms. The van der Waals surface area contributed by atoms with E-state index in [4.69, 9.17) is 0 Å². The van der Waals surface area contributed by atoms with Gasteiger partial charge in [-0.2, -0.15) is 0 Å². The maximum Gasteiger partial charge on any atom is 0.253 e. The third kappa shape index (κ3) is 3.85. The summed E-state index contributed by atoms with van der Waals surface area (Å²) in [6.07, 6.45) is 3.27. The molecule has 1 aromatic rings. The summed E-state index contributed by atoms with van der Waals surface area (Å²) in [6.45, 7) is 6.57. The predicted octanol–water partition coefficient (Wildman–Crippen LogP) is 3.37. The molecule has 3 nitrogen and oxygen atoms in total. The van der Waals surface area contributed by atoms with Crippen LogP contribution in [0.25, 0.3) is 0 Å². The van der Waals surface area contributed by atoms with Crippen LogP contribution in [-0.4, -0.2) is 48.9 Å². The van der Waals surface area contributed by atoms with Crippen molar-refractivity contribution < 1.29 is 4.79 Å². The van der Waals surface area contributed by atoms with Gasteiger partial charge in [-0.15, -0.1) is 0 Å². The SMILES string of the molecule is CCC(C)c1ccc(C(=O)N(C)C2CCN(C)CC2)cc1. The van der Waals surface area contributed by atoms with Crippen molar-refractivity contribution in [3.63, 3.8) is 0 Å². The summed E-state index contributed by atoms with van der Waals surface area (Å²) < 4.78 is 0. The fraction of sp³-hybridized carbons (Fsp3) is 0.611. The molecule has 0 saturated carbocycles. The molecule has 1 saturated heterocycles. The lowest BCUT2D eigenvalue weighted by molar-refractivity contribution is 0.0659. The molecule has 1 aliphatic heterocycles. The second-order valence-corrected chi connectivity index (χ2v) is 6.38. The van der Waals surface area contributed by atoms with Crippen LogP contribution in [-0.2, 0) is 0 Å². The predicted molar refractivity (Wildman–Crippen MR) is 87.8 cm³/mol. The lowest BCUT2D eigenvalue weighted by atomic mass is 9.97. The number of likely N-dealkylation sites (tertiary alicyclic amines) is 1. The monoisotopic (exact) mass is 288 g/mol. The number of hydrogen-bond acceptors (Lipinski definition) is 2. The Labute approximate surface area is 128 Å². The molecule has 1 heterocycles. The minimum absolute atomic E-state index is 0.153. The van der Waals surface area contributed by atoms with E-state index in [1.54, 1.807) is 0 Å². The minimum atomic E-state index is 0.153. The quantitative estimate of drug-likeness (QED) is 0.848. The second kappa shape index (κ2) is 7.08. The van der Waals surface area contributed by atoms with E-state index in [2.05, 4.69) is 37.9 Å². The van der Waals surface area contributed by atoms with E-state index in [1.807, 2.05) is 24.1 Å². The average molecular weight is 288 g/mol. The van der Waals surface area contributed by atoms with Crippen molar-refractivity contribution in [2.45, 2.75) is 45.1 Å².